The van der Waals surface area contributed by atoms with E-state index in [-0.39, 0.29) is 11.9 Å². The summed E-state index contributed by atoms with van der Waals surface area (Å²) in [6.45, 7) is 0.965. The molecule has 6 nitrogen and oxygen atoms in total. The van der Waals surface area contributed by atoms with Crippen LogP contribution in [-0.2, 0) is 11.8 Å². The van der Waals surface area contributed by atoms with Crippen LogP contribution in [0.1, 0.15) is 16.9 Å². The van der Waals surface area contributed by atoms with Gasteiger partial charge >= 0.3 is 0 Å². The number of nitrogens with one attached hydrogen (secondary N) is 1. The normalized spacial score (nSPS) is 12.4. The Morgan fingerprint density at radius 3 is 3.00 bits per heavy atom. The lowest BCUT2D eigenvalue weighted by molar-refractivity contribution is 0.0889. The number of hydrogen-bond acceptors (Lipinski definition) is 4. The Morgan fingerprint density at radius 2 is 2.50 bits per heavy atom. The molecule has 1 rings (SSSR count). The number of methoxy groups -OCH3 is 1. The fourth-order valence-electron chi connectivity index (χ4n) is 1.39. The first-order valence-corrected chi connectivity index (χ1v) is 5.15. The highest BCUT2D eigenvalue weighted by atomic mass is 16.5. The molecule has 0 radical (unpaired) electrons. The number of aryl methyl sites for hydroxylation is 1. The summed E-state index contributed by atoms with van der Waals surface area (Å²) in [5.74, 6) is -0.198. The fourth-order valence-corrected chi connectivity index (χ4v) is 1.39. The second-order valence-electron chi connectivity index (χ2n) is 3.63. The van der Waals surface area contributed by atoms with Gasteiger partial charge in [0, 0.05) is 20.4 Å². The third-order valence-corrected chi connectivity index (χ3v) is 2.16. The third kappa shape index (κ3) is 3.63. The first kappa shape index (κ1) is 12.7. The van der Waals surface area contributed by atoms with Gasteiger partial charge in [-0.2, -0.15) is 0 Å². The van der Waals surface area contributed by atoms with E-state index in [1.54, 1.807) is 24.2 Å². The summed E-state index contributed by atoms with van der Waals surface area (Å²) in [5.41, 5.74) is 5.85. The molecule has 0 aromatic carbocycles. The van der Waals surface area contributed by atoms with E-state index in [1.807, 2.05) is 7.05 Å². The first-order chi connectivity index (χ1) is 7.67. The van der Waals surface area contributed by atoms with Crippen molar-refractivity contribution < 1.29 is 9.53 Å². The summed E-state index contributed by atoms with van der Waals surface area (Å²) in [7, 11) is 3.41. The summed E-state index contributed by atoms with van der Waals surface area (Å²) in [6, 6.07) is -0.0653. The Kier molecular flexibility index (Phi) is 4.94. The quantitative estimate of drug-likeness (QED) is 0.686. The van der Waals surface area contributed by atoms with Gasteiger partial charge < -0.3 is 20.4 Å². The Hall–Kier alpha value is -1.40. The average molecular weight is 226 g/mol. The average Bonchev–Trinajstić information content (AvgIpc) is 2.65. The van der Waals surface area contributed by atoms with E-state index in [0.29, 0.717) is 25.3 Å². The molecule has 1 unspecified atom stereocenters. The topological polar surface area (TPSA) is 82.2 Å². The molecule has 1 aromatic rings. The molecular formula is C10H18N4O2. The molecular weight excluding hydrogens is 208 g/mol. The Labute approximate surface area is 94.8 Å². The SMILES string of the molecule is COCC(CCN)NC(=O)c1cn(C)cn1. The van der Waals surface area contributed by atoms with Crippen molar-refractivity contribution in [2.75, 3.05) is 20.3 Å². The van der Waals surface area contributed by atoms with Crippen molar-refractivity contribution in [3.63, 3.8) is 0 Å². The summed E-state index contributed by atoms with van der Waals surface area (Å²) >= 11 is 0. The van der Waals surface area contributed by atoms with E-state index in [0.717, 1.165) is 0 Å². The molecule has 0 saturated carbocycles. The van der Waals surface area contributed by atoms with Crippen LogP contribution in [0, 0.1) is 0 Å². The van der Waals surface area contributed by atoms with Crippen molar-refractivity contribution >= 4 is 5.91 Å². The fraction of sp³-hybridized carbons (Fsp3) is 0.600. The number of rotatable bonds is 6. The zero-order valence-corrected chi connectivity index (χ0v) is 9.64. The van der Waals surface area contributed by atoms with Crippen molar-refractivity contribution in [2.24, 2.45) is 12.8 Å². The highest BCUT2D eigenvalue weighted by molar-refractivity contribution is 5.92. The minimum atomic E-state index is -0.198. The van der Waals surface area contributed by atoms with Gasteiger partial charge in [-0.1, -0.05) is 0 Å². The van der Waals surface area contributed by atoms with Gasteiger partial charge in [0.25, 0.3) is 5.91 Å². The number of amides is 1. The van der Waals surface area contributed by atoms with Crippen molar-refractivity contribution in [1.29, 1.82) is 0 Å². The number of nitrogens with two attached hydrogens (primary N) is 1. The van der Waals surface area contributed by atoms with Crippen LogP contribution >= 0.6 is 0 Å². The molecule has 1 amide bonds. The van der Waals surface area contributed by atoms with Gasteiger partial charge in [0.1, 0.15) is 5.69 Å². The van der Waals surface area contributed by atoms with Gasteiger partial charge in [0.15, 0.2) is 0 Å². The Balaban J connectivity index is 2.54. The van der Waals surface area contributed by atoms with Gasteiger partial charge in [0.2, 0.25) is 0 Å². The number of ether oxygens (including phenoxy) is 1. The van der Waals surface area contributed by atoms with Gasteiger partial charge in [-0.3, -0.25) is 4.79 Å². The van der Waals surface area contributed by atoms with Gasteiger partial charge in [-0.05, 0) is 13.0 Å². The van der Waals surface area contributed by atoms with Gasteiger partial charge in [-0.25, -0.2) is 4.98 Å². The van der Waals surface area contributed by atoms with E-state index in [2.05, 4.69) is 10.3 Å². The summed E-state index contributed by atoms with van der Waals surface area (Å²) in [4.78, 5) is 15.7. The van der Waals surface area contributed by atoms with Crippen molar-refractivity contribution in [2.45, 2.75) is 12.5 Å². The highest BCUT2D eigenvalue weighted by Crippen LogP contribution is 1.97. The summed E-state index contributed by atoms with van der Waals surface area (Å²) in [6.07, 6.45) is 3.94. The maximum atomic E-state index is 11.7. The summed E-state index contributed by atoms with van der Waals surface area (Å²) in [5, 5.41) is 2.83. The zero-order chi connectivity index (χ0) is 12.0. The predicted molar refractivity (Wildman–Crippen MR) is 60.0 cm³/mol. The van der Waals surface area contributed by atoms with Crippen LogP contribution in [0.25, 0.3) is 0 Å². The van der Waals surface area contributed by atoms with E-state index in [4.69, 9.17) is 10.5 Å². The minimum absolute atomic E-state index is 0.0653. The maximum absolute atomic E-state index is 11.7. The molecule has 1 heterocycles. The first-order valence-electron chi connectivity index (χ1n) is 5.15. The predicted octanol–water partition coefficient (Wildman–Crippen LogP) is -0.486. The van der Waals surface area contributed by atoms with E-state index in [1.165, 1.54) is 0 Å². The molecule has 3 N–H and O–H groups in total. The van der Waals surface area contributed by atoms with Gasteiger partial charge in [0.05, 0.1) is 19.0 Å². The van der Waals surface area contributed by atoms with E-state index >= 15 is 0 Å². The van der Waals surface area contributed by atoms with Crippen molar-refractivity contribution in [1.82, 2.24) is 14.9 Å². The lowest BCUT2D eigenvalue weighted by Gasteiger charge is -2.16. The third-order valence-electron chi connectivity index (χ3n) is 2.16. The molecule has 0 bridgehead atoms. The number of imidazole rings is 1. The smallest absolute Gasteiger partial charge is 0.271 e. The molecule has 16 heavy (non-hydrogen) atoms. The largest absolute Gasteiger partial charge is 0.383 e. The highest BCUT2D eigenvalue weighted by Gasteiger charge is 2.14. The molecule has 6 heteroatoms. The van der Waals surface area contributed by atoms with Gasteiger partial charge in [-0.15, -0.1) is 0 Å². The molecule has 0 aliphatic rings. The standard InChI is InChI=1S/C10H18N4O2/c1-14-5-9(12-7-14)10(15)13-8(3-4-11)6-16-2/h5,7-8H,3-4,6,11H2,1-2H3,(H,13,15). The van der Waals surface area contributed by atoms with Crippen LogP contribution < -0.4 is 11.1 Å². The molecule has 0 spiro atoms. The van der Waals surface area contributed by atoms with Crippen molar-refractivity contribution in [3.8, 4) is 0 Å². The molecule has 0 saturated heterocycles. The Morgan fingerprint density at radius 1 is 1.75 bits per heavy atom. The van der Waals surface area contributed by atoms with E-state index < -0.39 is 0 Å². The second kappa shape index (κ2) is 6.24. The van der Waals surface area contributed by atoms with E-state index in [9.17, 15) is 4.79 Å². The monoisotopic (exact) mass is 226 g/mol. The molecule has 1 atom stereocenters. The van der Waals surface area contributed by atoms with Crippen molar-refractivity contribution in [3.05, 3.63) is 18.2 Å². The molecule has 0 aliphatic carbocycles. The number of nitrogens with zero attached hydrogens (tertiary/aromatic N) is 2. The number of aromatic nitrogens is 2. The van der Waals surface area contributed by atoms with Crippen LogP contribution in [0.15, 0.2) is 12.5 Å². The van der Waals surface area contributed by atoms with Crippen LogP contribution in [0.4, 0.5) is 0 Å². The Bertz CT molecular complexity index is 331. The minimum Gasteiger partial charge on any atom is -0.383 e. The second-order valence-corrected chi connectivity index (χ2v) is 3.63. The van der Waals surface area contributed by atoms with Crippen LogP contribution in [0.5, 0.6) is 0 Å². The number of hydrogen-bond donors (Lipinski definition) is 2. The van der Waals surface area contributed by atoms with Crippen LogP contribution in [0.3, 0.4) is 0 Å². The summed E-state index contributed by atoms with van der Waals surface area (Å²) < 4.78 is 6.73. The molecule has 1 aromatic heterocycles. The molecule has 0 aliphatic heterocycles. The zero-order valence-electron chi connectivity index (χ0n) is 9.64. The van der Waals surface area contributed by atoms with Crippen LogP contribution in [0.2, 0.25) is 0 Å². The molecule has 90 valence electrons. The van der Waals surface area contributed by atoms with Crippen LogP contribution in [-0.4, -0.2) is 41.8 Å². The lowest BCUT2D eigenvalue weighted by Crippen LogP contribution is -2.39. The number of carbonyl (C=O) groups excluding carboxylic acids is 1. The lowest BCUT2D eigenvalue weighted by atomic mass is 10.2. The molecule has 0 fully saturated rings. The number of carbonyl (C=O) groups is 1. The maximum Gasteiger partial charge on any atom is 0.271 e.